The molecule has 0 spiro atoms. The number of carbonyl (C=O) groups is 4. The minimum absolute atomic E-state index is 0.350. The number of aliphatic carboxylic acids is 1. The molecule has 0 atom stereocenters. The van der Waals surface area contributed by atoms with E-state index in [0.29, 0.717) is 43.7 Å². The third kappa shape index (κ3) is 26.9. The number of nitrogens with one attached hydrogen (secondary N) is 3. The molecular weight excluding hydrogens is 614 g/mol. The number of halogens is 2. The minimum Gasteiger partial charge on any atom is -0.472 e. The molecule has 256 valence electrons. The summed E-state index contributed by atoms with van der Waals surface area (Å²) in [6.45, 7) is 12.8. The van der Waals surface area contributed by atoms with Crippen LogP contribution < -0.4 is 21.7 Å². The van der Waals surface area contributed by atoms with Crippen molar-refractivity contribution in [3.05, 3.63) is 71.3 Å². The number of carbonyl (C=O) groups excluding carboxylic acids is 3. The molecule has 0 radical (unpaired) electrons. The summed E-state index contributed by atoms with van der Waals surface area (Å²) in [4.78, 5) is 43.8. The number of benzene rings is 2. The molecular formula is C34H44F2N4O7. The molecule has 2 aromatic rings. The maximum atomic E-state index is 12.7. The molecule has 11 nitrogen and oxygen atoms in total. The van der Waals surface area contributed by atoms with Gasteiger partial charge >= 0.3 is 18.2 Å². The molecule has 0 aliphatic heterocycles. The SMILES string of the molecule is CC(C)(C)OC(=O)NCCCN.CC(C)(C)OC(=O)NCCCNC(=O)C#Cc1ccc(F)cc1.O=C(O)C#Cc1ccc(F)cc1. The van der Waals surface area contributed by atoms with Crippen molar-refractivity contribution in [3.63, 3.8) is 0 Å². The Morgan fingerprint density at radius 3 is 1.45 bits per heavy atom. The molecule has 0 aliphatic carbocycles. The molecule has 0 aromatic heterocycles. The van der Waals surface area contributed by atoms with Gasteiger partial charge in [0.15, 0.2) is 0 Å². The van der Waals surface area contributed by atoms with Crippen molar-refractivity contribution >= 4 is 24.1 Å². The van der Waals surface area contributed by atoms with E-state index in [2.05, 4.69) is 33.7 Å². The van der Waals surface area contributed by atoms with Crippen LogP contribution >= 0.6 is 0 Å². The first kappa shape index (κ1) is 41.9. The predicted molar refractivity (Wildman–Crippen MR) is 174 cm³/mol. The molecule has 0 saturated heterocycles. The van der Waals surface area contributed by atoms with Gasteiger partial charge in [0.05, 0.1) is 0 Å². The maximum Gasteiger partial charge on any atom is 0.407 e. The van der Waals surface area contributed by atoms with Gasteiger partial charge in [-0.05, 0) is 109 Å². The molecule has 2 aromatic carbocycles. The van der Waals surface area contributed by atoms with E-state index in [4.69, 9.17) is 20.3 Å². The number of hydrogen-bond donors (Lipinski definition) is 5. The predicted octanol–water partition coefficient (Wildman–Crippen LogP) is 4.33. The van der Waals surface area contributed by atoms with E-state index in [-0.39, 0.29) is 17.7 Å². The smallest absolute Gasteiger partial charge is 0.407 e. The number of rotatable bonds is 7. The second-order valence-corrected chi connectivity index (χ2v) is 11.4. The van der Waals surface area contributed by atoms with E-state index >= 15 is 0 Å². The molecule has 47 heavy (non-hydrogen) atoms. The molecule has 0 heterocycles. The molecule has 2 rings (SSSR count). The van der Waals surface area contributed by atoms with Gasteiger partial charge in [-0.2, -0.15) is 0 Å². The Hall–Kier alpha value is -5.14. The van der Waals surface area contributed by atoms with Crippen LogP contribution in [0.5, 0.6) is 0 Å². The lowest BCUT2D eigenvalue weighted by Crippen LogP contribution is -2.34. The van der Waals surface area contributed by atoms with E-state index in [1.54, 1.807) is 20.8 Å². The van der Waals surface area contributed by atoms with E-state index < -0.39 is 29.2 Å². The van der Waals surface area contributed by atoms with Crippen LogP contribution in [0.3, 0.4) is 0 Å². The highest BCUT2D eigenvalue weighted by Crippen LogP contribution is 2.07. The largest absolute Gasteiger partial charge is 0.472 e. The van der Waals surface area contributed by atoms with Crippen LogP contribution in [-0.2, 0) is 19.1 Å². The van der Waals surface area contributed by atoms with Gasteiger partial charge in [-0.15, -0.1) is 0 Å². The van der Waals surface area contributed by atoms with E-state index in [1.165, 1.54) is 48.5 Å². The fourth-order valence-electron chi connectivity index (χ4n) is 2.77. The Morgan fingerprint density at radius 2 is 1.06 bits per heavy atom. The first-order valence-electron chi connectivity index (χ1n) is 14.6. The lowest BCUT2D eigenvalue weighted by molar-refractivity contribution is -0.130. The Labute approximate surface area is 275 Å². The van der Waals surface area contributed by atoms with E-state index in [0.717, 1.165) is 6.42 Å². The second kappa shape index (κ2) is 22.4. The Bertz CT molecular complexity index is 1400. The molecule has 3 amide bonds. The van der Waals surface area contributed by atoms with E-state index in [1.807, 2.05) is 26.7 Å². The lowest BCUT2D eigenvalue weighted by atomic mass is 10.2. The quantitative estimate of drug-likeness (QED) is 0.216. The zero-order valence-electron chi connectivity index (χ0n) is 27.6. The van der Waals surface area contributed by atoms with Crippen LogP contribution in [-0.4, -0.2) is 66.6 Å². The summed E-state index contributed by atoms with van der Waals surface area (Å²) in [7, 11) is 0. The zero-order valence-corrected chi connectivity index (χ0v) is 27.6. The number of carboxylic acids is 1. The van der Waals surface area contributed by atoms with Crippen molar-refractivity contribution in [3.8, 4) is 23.7 Å². The first-order chi connectivity index (χ1) is 21.9. The average Bonchev–Trinajstić information content (AvgIpc) is 2.95. The van der Waals surface area contributed by atoms with Gasteiger partial charge in [0.2, 0.25) is 0 Å². The van der Waals surface area contributed by atoms with Crippen molar-refractivity contribution in [2.24, 2.45) is 5.73 Å². The van der Waals surface area contributed by atoms with Crippen LogP contribution in [0.25, 0.3) is 0 Å². The summed E-state index contributed by atoms with van der Waals surface area (Å²) in [5, 5.41) is 16.0. The fraction of sp³-hybridized carbons (Fsp3) is 0.412. The number of ether oxygens (including phenoxy) is 2. The normalized spacial score (nSPS) is 9.98. The average molecular weight is 659 g/mol. The minimum atomic E-state index is -1.20. The van der Waals surface area contributed by atoms with Crippen molar-refractivity contribution in [2.75, 3.05) is 26.2 Å². The molecule has 0 fully saturated rings. The summed E-state index contributed by atoms with van der Waals surface area (Å²) in [5.74, 6) is 7.00. The van der Waals surface area contributed by atoms with Crippen LogP contribution in [0.15, 0.2) is 48.5 Å². The van der Waals surface area contributed by atoms with Gasteiger partial charge in [0.1, 0.15) is 22.8 Å². The van der Waals surface area contributed by atoms with Gasteiger partial charge < -0.3 is 36.3 Å². The third-order valence-corrected chi connectivity index (χ3v) is 4.68. The zero-order chi connectivity index (χ0) is 35.9. The van der Waals surface area contributed by atoms with Gasteiger partial charge in [0, 0.05) is 42.6 Å². The third-order valence-electron chi connectivity index (χ3n) is 4.68. The second-order valence-electron chi connectivity index (χ2n) is 11.4. The van der Waals surface area contributed by atoms with Crippen LogP contribution in [0.2, 0.25) is 0 Å². The molecule has 0 unspecified atom stereocenters. The molecule has 0 saturated carbocycles. The Balaban J connectivity index is 0.000000743. The number of alkyl carbamates (subject to hydrolysis) is 2. The number of nitrogens with two attached hydrogens (primary N) is 1. The monoisotopic (exact) mass is 658 g/mol. The standard InChI is InChI=1S/C17H21FN2O3.C9H5FO2.C8H18N2O2/c1-17(2,3)23-16(22)20-12-4-11-19-15(21)10-7-13-5-8-14(18)9-6-13;10-8-4-1-7(2-5-8)3-6-9(11)12;1-8(2,3)12-7(11)10-6-4-5-9/h5-6,8-9H,4,11-12H2,1-3H3,(H,19,21)(H,20,22);1-2,4-5H,(H,11,12);4-6,9H2,1-3H3,(H,10,11). The highest BCUT2D eigenvalue weighted by Gasteiger charge is 2.16. The molecule has 13 heteroatoms. The van der Waals surface area contributed by atoms with Crippen molar-refractivity contribution in [1.29, 1.82) is 0 Å². The van der Waals surface area contributed by atoms with Crippen molar-refractivity contribution in [2.45, 2.75) is 65.6 Å². The Kier molecular flexibility index (Phi) is 19.9. The summed E-state index contributed by atoms with van der Waals surface area (Å²) >= 11 is 0. The lowest BCUT2D eigenvalue weighted by Gasteiger charge is -2.19. The Morgan fingerprint density at radius 1 is 0.681 bits per heavy atom. The van der Waals surface area contributed by atoms with Gasteiger partial charge in [-0.1, -0.05) is 11.8 Å². The van der Waals surface area contributed by atoms with Crippen molar-refractivity contribution < 1.29 is 42.5 Å². The topological polar surface area (TPSA) is 169 Å². The summed E-state index contributed by atoms with van der Waals surface area (Å²) in [6, 6.07) is 10.9. The summed E-state index contributed by atoms with van der Waals surface area (Å²) in [5.41, 5.74) is 5.34. The molecule has 0 bridgehead atoms. The van der Waals surface area contributed by atoms with E-state index in [9.17, 15) is 28.0 Å². The van der Waals surface area contributed by atoms with Gasteiger partial charge in [-0.3, -0.25) is 4.79 Å². The summed E-state index contributed by atoms with van der Waals surface area (Å²) in [6.07, 6.45) is 0.471. The highest BCUT2D eigenvalue weighted by atomic mass is 19.1. The number of hydrogen-bond acceptors (Lipinski definition) is 7. The number of carboxylic acid groups (broad SMARTS) is 1. The van der Waals surface area contributed by atoms with Crippen molar-refractivity contribution in [1.82, 2.24) is 16.0 Å². The highest BCUT2D eigenvalue weighted by molar-refractivity contribution is 5.94. The number of amides is 3. The van der Waals surface area contributed by atoms with Gasteiger partial charge in [0.25, 0.3) is 5.91 Å². The first-order valence-corrected chi connectivity index (χ1v) is 14.6. The fourth-order valence-corrected chi connectivity index (χ4v) is 2.77. The van der Waals surface area contributed by atoms with Crippen LogP contribution in [0.4, 0.5) is 18.4 Å². The van der Waals surface area contributed by atoms with Gasteiger partial charge in [-0.25, -0.2) is 23.2 Å². The summed E-state index contributed by atoms with van der Waals surface area (Å²) < 4.78 is 35.1. The maximum absolute atomic E-state index is 12.7. The molecule has 6 N–H and O–H groups in total. The van der Waals surface area contributed by atoms with Crippen LogP contribution in [0.1, 0.15) is 65.5 Å². The molecule has 0 aliphatic rings. The van der Waals surface area contributed by atoms with Crippen LogP contribution in [0, 0.1) is 35.3 Å².